The van der Waals surface area contributed by atoms with Gasteiger partial charge in [0.1, 0.15) is 0 Å². The Morgan fingerprint density at radius 1 is 1.26 bits per heavy atom. The van der Waals surface area contributed by atoms with Crippen molar-refractivity contribution >= 4 is 18.3 Å². The number of halogens is 1. The van der Waals surface area contributed by atoms with E-state index >= 15 is 0 Å². The van der Waals surface area contributed by atoms with Crippen molar-refractivity contribution in [2.75, 3.05) is 26.2 Å². The molecule has 2 atom stereocenters. The van der Waals surface area contributed by atoms with Crippen molar-refractivity contribution in [1.29, 1.82) is 0 Å². The Morgan fingerprint density at radius 2 is 2.00 bits per heavy atom. The minimum absolute atomic E-state index is 0. The lowest BCUT2D eigenvalue weighted by Crippen LogP contribution is -2.52. The molecule has 0 aliphatic carbocycles. The van der Waals surface area contributed by atoms with Gasteiger partial charge >= 0.3 is 0 Å². The van der Waals surface area contributed by atoms with Crippen LogP contribution in [0.1, 0.15) is 30.9 Å². The zero-order valence-electron chi connectivity index (χ0n) is 13.9. The van der Waals surface area contributed by atoms with Gasteiger partial charge in [-0.1, -0.05) is 31.2 Å². The number of rotatable bonds is 3. The summed E-state index contributed by atoms with van der Waals surface area (Å²) < 4.78 is 0. The summed E-state index contributed by atoms with van der Waals surface area (Å²) >= 11 is 0. The number of hydrogen-bond acceptors (Lipinski definition) is 3. The first-order chi connectivity index (χ1) is 10.7. The molecule has 2 aliphatic heterocycles. The van der Waals surface area contributed by atoms with Crippen LogP contribution in [0, 0.1) is 5.92 Å². The monoisotopic (exact) mass is 337 g/mol. The van der Waals surface area contributed by atoms with Gasteiger partial charge in [-0.05, 0) is 42.9 Å². The summed E-state index contributed by atoms with van der Waals surface area (Å²) in [6.45, 7) is 6.03. The lowest BCUT2D eigenvalue weighted by atomic mass is 9.91. The maximum absolute atomic E-state index is 12.7. The molecule has 1 saturated heterocycles. The van der Waals surface area contributed by atoms with Gasteiger partial charge in [0.15, 0.2) is 0 Å². The van der Waals surface area contributed by atoms with Crippen LogP contribution < -0.4 is 5.73 Å². The predicted molar refractivity (Wildman–Crippen MR) is 95.6 cm³/mol. The van der Waals surface area contributed by atoms with Crippen LogP contribution >= 0.6 is 12.4 Å². The smallest absolute Gasteiger partial charge is 0.237 e. The van der Waals surface area contributed by atoms with Crippen LogP contribution in [0.4, 0.5) is 0 Å². The number of hydrogen-bond donors (Lipinski definition) is 1. The highest BCUT2D eigenvalue weighted by Crippen LogP contribution is 2.23. The summed E-state index contributed by atoms with van der Waals surface area (Å²) in [6, 6.07) is 8.81. The van der Waals surface area contributed by atoms with Crippen LogP contribution in [0.5, 0.6) is 0 Å². The van der Waals surface area contributed by atoms with E-state index in [1.807, 2.05) is 4.90 Å². The fourth-order valence-electron chi connectivity index (χ4n) is 3.89. The van der Waals surface area contributed by atoms with Crippen molar-refractivity contribution in [2.45, 2.75) is 38.8 Å². The standard InChI is InChI=1S/C18H27N3O.ClH/c1-14-5-4-9-20(17(14)11-19)13-18(22)21-10-8-15-6-2-3-7-16(15)12-21;/h2-3,6-7,14,17H,4-5,8-13,19H2,1H3;1H. The van der Waals surface area contributed by atoms with Crippen molar-refractivity contribution in [3.63, 3.8) is 0 Å². The van der Waals surface area contributed by atoms with Crippen LogP contribution in [0.25, 0.3) is 0 Å². The average Bonchev–Trinajstić information content (AvgIpc) is 2.54. The number of likely N-dealkylation sites (tertiary alicyclic amines) is 1. The quantitative estimate of drug-likeness (QED) is 0.918. The van der Waals surface area contributed by atoms with E-state index in [-0.39, 0.29) is 18.3 Å². The number of piperidine rings is 1. The van der Waals surface area contributed by atoms with E-state index in [4.69, 9.17) is 5.73 Å². The van der Waals surface area contributed by atoms with Gasteiger partial charge in [-0.15, -0.1) is 12.4 Å². The minimum Gasteiger partial charge on any atom is -0.337 e. The zero-order chi connectivity index (χ0) is 15.5. The highest BCUT2D eigenvalue weighted by Gasteiger charge is 2.30. The Hall–Kier alpha value is -1.10. The molecule has 2 N–H and O–H groups in total. The molecule has 4 nitrogen and oxygen atoms in total. The Kier molecular flexibility index (Phi) is 6.45. The molecular formula is C18H28ClN3O. The molecule has 2 unspecified atom stereocenters. The number of carbonyl (C=O) groups is 1. The van der Waals surface area contributed by atoms with E-state index in [1.165, 1.54) is 24.0 Å². The summed E-state index contributed by atoms with van der Waals surface area (Å²) in [5, 5.41) is 0. The van der Waals surface area contributed by atoms with Crippen LogP contribution in [-0.2, 0) is 17.8 Å². The maximum Gasteiger partial charge on any atom is 0.237 e. The molecule has 3 rings (SSSR count). The van der Waals surface area contributed by atoms with Gasteiger partial charge < -0.3 is 10.6 Å². The Morgan fingerprint density at radius 3 is 2.74 bits per heavy atom. The molecule has 2 heterocycles. The third-order valence-corrected chi connectivity index (χ3v) is 5.29. The fraction of sp³-hybridized carbons (Fsp3) is 0.611. The SMILES string of the molecule is CC1CCCN(CC(=O)N2CCc3ccccc3C2)C1CN.Cl. The summed E-state index contributed by atoms with van der Waals surface area (Å²) in [5.41, 5.74) is 8.62. The van der Waals surface area contributed by atoms with Crippen molar-refractivity contribution in [2.24, 2.45) is 11.7 Å². The van der Waals surface area contributed by atoms with Gasteiger partial charge in [-0.2, -0.15) is 0 Å². The van der Waals surface area contributed by atoms with Crippen molar-refractivity contribution < 1.29 is 4.79 Å². The number of fused-ring (bicyclic) bond motifs is 1. The topological polar surface area (TPSA) is 49.6 Å². The molecule has 5 heteroatoms. The fourth-order valence-corrected chi connectivity index (χ4v) is 3.89. The van der Waals surface area contributed by atoms with Crippen molar-refractivity contribution in [3.8, 4) is 0 Å². The molecule has 0 spiro atoms. The molecule has 128 valence electrons. The number of nitrogens with two attached hydrogens (primary N) is 1. The van der Waals surface area contributed by atoms with Crippen LogP contribution in [0.15, 0.2) is 24.3 Å². The first kappa shape index (κ1) is 18.2. The van der Waals surface area contributed by atoms with E-state index in [9.17, 15) is 4.79 Å². The second-order valence-electron chi connectivity index (χ2n) is 6.73. The third kappa shape index (κ3) is 4.06. The van der Waals surface area contributed by atoms with E-state index < -0.39 is 0 Å². The molecule has 0 saturated carbocycles. The second kappa shape index (κ2) is 8.13. The van der Waals surface area contributed by atoms with Gasteiger partial charge in [-0.25, -0.2) is 0 Å². The second-order valence-corrected chi connectivity index (χ2v) is 6.73. The molecular weight excluding hydrogens is 310 g/mol. The van der Waals surface area contributed by atoms with Gasteiger partial charge in [-0.3, -0.25) is 9.69 Å². The normalized spacial score (nSPS) is 24.7. The van der Waals surface area contributed by atoms with Gasteiger partial charge in [0.25, 0.3) is 0 Å². The summed E-state index contributed by atoms with van der Waals surface area (Å²) in [6.07, 6.45) is 3.37. The lowest BCUT2D eigenvalue weighted by Gasteiger charge is -2.40. The van der Waals surface area contributed by atoms with E-state index in [0.29, 0.717) is 25.0 Å². The molecule has 0 aromatic heterocycles. The third-order valence-electron chi connectivity index (χ3n) is 5.29. The Balaban J connectivity index is 0.00000192. The molecule has 2 aliphatic rings. The van der Waals surface area contributed by atoms with E-state index in [0.717, 1.165) is 26.1 Å². The number of benzene rings is 1. The molecule has 1 fully saturated rings. The molecule has 0 radical (unpaired) electrons. The number of carbonyl (C=O) groups excluding carboxylic acids is 1. The first-order valence-corrected chi connectivity index (χ1v) is 8.47. The van der Waals surface area contributed by atoms with Crippen molar-refractivity contribution in [3.05, 3.63) is 35.4 Å². The van der Waals surface area contributed by atoms with Gasteiger partial charge in [0, 0.05) is 25.7 Å². The van der Waals surface area contributed by atoms with Crippen LogP contribution in [0.3, 0.4) is 0 Å². The number of amides is 1. The zero-order valence-corrected chi connectivity index (χ0v) is 14.7. The minimum atomic E-state index is 0. The van der Waals surface area contributed by atoms with Crippen LogP contribution in [-0.4, -0.2) is 47.9 Å². The highest BCUT2D eigenvalue weighted by molar-refractivity contribution is 5.85. The largest absolute Gasteiger partial charge is 0.337 e. The lowest BCUT2D eigenvalue weighted by molar-refractivity contribution is -0.134. The molecule has 1 aromatic rings. The average molecular weight is 338 g/mol. The van der Waals surface area contributed by atoms with E-state index in [2.05, 4.69) is 36.1 Å². The number of nitrogens with zero attached hydrogens (tertiary/aromatic N) is 2. The predicted octanol–water partition coefficient (Wildman–Crippen LogP) is 2.05. The molecule has 23 heavy (non-hydrogen) atoms. The highest BCUT2D eigenvalue weighted by atomic mass is 35.5. The van der Waals surface area contributed by atoms with Crippen molar-refractivity contribution in [1.82, 2.24) is 9.80 Å². The van der Waals surface area contributed by atoms with Crippen LogP contribution in [0.2, 0.25) is 0 Å². The summed E-state index contributed by atoms with van der Waals surface area (Å²) in [4.78, 5) is 17.0. The van der Waals surface area contributed by atoms with E-state index in [1.54, 1.807) is 0 Å². The first-order valence-electron chi connectivity index (χ1n) is 8.47. The molecule has 0 bridgehead atoms. The Bertz CT molecular complexity index is 537. The maximum atomic E-state index is 12.7. The molecule has 1 amide bonds. The van der Waals surface area contributed by atoms with Gasteiger partial charge in [0.2, 0.25) is 5.91 Å². The van der Waals surface area contributed by atoms with Gasteiger partial charge in [0.05, 0.1) is 6.54 Å². The summed E-state index contributed by atoms with van der Waals surface area (Å²) in [5.74, 6) is 0.843. The Labute approximate surface area is 145 Å². The molecule has 1 aromatic carbocycles. The summed E-state index contributed by atoms with van der Waals surface area (Å²) in [7, 11) is 0.